The Balaban J connectivity index is 2.03. The molecule has 2 atom stereocenters. The van der Waals surface area contributed by atoms with Crippen molar-refractivity contribution in [2.24, 2.45) is 11.7 Å². The first-order chi connectivity index (χ1) is 7.24. The average molecular weight is 230 g/mol. The number of hydrogen-bond acceptors (Lipinski definition) is 3. The maximum absolute atomic E-state index is 11.7. The first kappa shape index (κ1) is 12.8. The van der Waals surface area contributed by atoms with Crippen molar-refractivity contribution in [1.82, 2.24) is 5.32 Å². The summed E-state index contributed by atoms with van der Waals surface area (Å²) in [4.78, 5) is 11.7. The lowest BCUT2D eigenvalue weighted by atomic mass is 10.1. The van der Waals surface area contributed by atoms with E-state index in [0.29, 0.717) is 0 Å². The molecule has 1 amide bonds. The summed E-state index contributed by atoms with van der Waals surface area (Å²) in [6, 6.07) is 0.247. The first-order valence-electron chi connectivity index (χ1n) is 5.76. The third kappa shape index (κ3) is 4.89. The Kier molecular flexibility index (Phi) is 6.10. The van der Waals surface area contributed by atoms with Crippen molar-refractivity contribution in [3.05, 3.63) is 0 Å². The van der Waals surface area contributed by atoms with Gasteiger partial charge in [0.15, 0.2) is 0 Å². The largest absolute Gasteiger partial charge is 0.356 e. The van der Waals surface area contributed by atoms with Crippen LogP contribution in [0.15, 0.2) is 0 Å². The Bertz CT molecular complexity index is 199. The van der Waals surface area contributed by atoms with E-state index in [-0.39, 0.29) is 17.9 Å². The molecule has 0 unspecified atom stereocenters. The molecule has 0 spiro atoms. The van der Waals surface area contributed by atoms with Gasteiger partial charge < -0.3 is 11.1 Å². The van der Waals surface area contributed by atoms with Gasteiger partial charge in [-0.1, -0.05) is 0 Å². The zero-order valence-corrected chi connectivity index (χ0v) is 10.3. The summed E-state index contributed by atoms with van der Waals surface area (Å²) in [5.41, 5.74) is 5.77. The van der Waals surface area contributed by atoms with Gasteiger partial charge in [0.1, 0.15) is 0 Å². The molecule has 0 aromatic rings. The highest BCUT2D eigenvalue weighted by molar-refractivity contribution is 7.98. The highest BCUT2D eigenvalue weighted by atomic mass is 32.2. The van der Waals surface area contributed by atoms with Gasteiger partial charge in [0, 0.05) is 18.5 Å². The van der Waals surface area contributed by atoms with Gasteiger partial charge in [-0.15, -0.1) is 0 Å². The van der Waals surface area contributed by atoms with Crippen molar-refractivity contribution >= 4 is 17.7 Å². The lowest BCUT2D eigenvalue weighted by molar-refractivity contribution is -0.124. The molecular formula is C11H22N2OS. The fraction of sp³-hybridized carbons (Fsp3) is 0.909. The van der Waals surface area contributed by atoms with Crippen LogP contribution in [0.25, 0.3) is 0 Å². The minimum Gasteiger partial charge on any atom is -0.356 e. The van der Waals surface area contributed by atoms with Crippen LogP contribution in [0.4, 0.5) is 0 Å². The van der Waals surface area contributed by atoms with E-state index >= 15 is 0 Å². The van der Waals surface area contributed by atoms with Gasteiger partial charge in [0.25, 0.3) is 0 Å². The maximum Gasteiger partial charge on any atom is 0.223 e. The number of rotatable bonds is 6. The Morgan fingerprint density at radius 2 is 2.27 bits per heavy atom. The Hall–Kier alpha value is -0.220. The van der Waals surface area contributed by atoms with Crippen LogP contribution in [-0.4, -0.2) is 30.5 Å². The van der Waals surface area contributed by atoms with Crippen molar-refractivity contribution in [1.29, 1.82) is 0 Å². The van der Waals surface area contributed by atoms with Gasteiger partial charge in [0.2, 0.25) is 5.91 Å². The summed E-state index contributed by atoms with van der Waals surface area (Å²) in [7, 11) is 0. The van der Waals surface area contributed by atoms with Crippen LogP contribution in [0, 0.1) is 5.92 Å². The molecule has 3 N–H and O–H groups in total. The molecular weight excluding hydrogens is 208 g/mol. The first-order valence-corrected chi connectivity index (χ1v) is 7.15. The molecule has 0 aromatic carbocycles. The van der Waals surface area contributed by atoms with Gasteiger partial charge in [-0.3, -0.25) is 4.79 Å². The molecule has 0 bridgehead atoms. The molecule has 0 aromatic heterocycles. The molecule has 1 rings (SSSR count). The number of carbonyl (C=O) groups excluding carboxylic acids is 1. The molecule has 1 aliphatic carbocycles. The minimum atomic E-state index is 0.181. The normalized spacial score (nSPS) is 25.5. The fourth-order valence-corrected chi connectivity index (χ4v) is 2.47. The number of amides is 1. The monoisotopic (exact) mass is 230 g/mol. The van der Waals surface area contributed by atoms with E-state index < -0.39 is 0 Å². The summed E-state index contributed by atoms with van der Waals surface area (Å²) >= 11 is 1.86. The number of nitrogens with two attached hydrogens (primary N) is 1. The molecule has 0 saturated heterocycles. The fourth-order valence-electron chi connectivity index (χ4n) is 1.98. The predicted molar refractivity (Wildman–Crippen MR) is 65.9 cm³/mol. The second-order valence-electron chi connectivity index (χ2n) is 4.26. The van der Waals surface area contributed by atoms with Crippen LogP contribution in [0.1, 0.15) is 32.1 Å². The van der Waals surface area contributed by atoms with Crippen LogP contribution < -0.4 is 11.1 Å². The summed E-state index contributed by atoms with van der Waals surface area (Å²) in [6.07, 6.45) is 7.23. The van der Waals surface area contributed by atoms with Gasteiger partial charge >= 0.3 is 0 Å². The standard InChI is InChI=1S/C11H22N2OS/c1-15-7-3-2-6-13-11(14)9-4-5-10(12)8-9/h9-10H,2-8,12H2,1H3,(H,13,14)/t9-,10-/m1/s1. The number of carbonyl (C=O) groups is 1. The lowest BCUT2D eigenvalue weighted by Gasteiger charge is -2.10. The van der Waals surface area contributed by atoms with Crippen molar-refractivity contribution in [2.75, 3.05) is 18.6 Å². The number of nitrogens with one attached hydrogen (secondary N) is 1. The van der Waals surface area contributed by atoms with E-state index in [1.165, 1.54) is 12.2 Å². The predicted octanol–water partition coefficient (Wildman–Crippen LogP) is 1.37. The van der Waals surface area contributed by atoms with Gasteiger partial charge in [-0.05, 0) is 44.1 Å². The molecule has 1 fully saturated rings. The number of unbranched alkanes of at least 4 members (excludes halogenated alkanes) is 1. The number of thioether (sulfide) groups is 1. The summed E-state index contributed by atoms with van der Waals surface area (Å²) in [5, 5.41) is 3.00. The third-order valence-corrected chi connectivity index (χ3v) is 3.62. The van der Waals surface area contributed by atoms with E-state index in [2.05, 4.69) is 11.6 Å². The lowest BCUT2D eigenvalue weighted by Crippen LogP contribution is -2.31. The molecule has 0 heterocycles. The Labute approximate surface area is 96.6 Å². The van der Waals surface area contributed by atoms with Crippen LogP contribution in [0.3, 0.4) is 0 Å². The molecule has 88 valence electrons. The van der Waals surface area contributed by atoms with Gasteiger partial charge in [0.05, 0.1) is 0 Å². The van der Waals surface area contributed by atoms with Crippen molar-refractivity contribution in [2.45, 2.75) is 38.1 Å². The summed E-state index contributed by atoms with van der Waals surface area (Å²) < 4.78 is 0. The molecule has 4 heteroatoms. The second-order valence-corrected chi connectivity index (χ2v) is 5.25. The van der Waals surface area contributed by atoms with Gasteiger partial charge in [-0.2, -0.15) is 11.8 Å². The molecule has 1 saturated carbocycles. The topological polar surface area (TPSA) is 55.1 Å². The second kappa shape index (κ2) is 7.12. The van der Waals surface area contributed by atoms with Crippen LogP contribution in [0.5, 0.6) is 0 Å². The van der Waals surface area contributed by atoms with Crippen molar-refractivity contribution < 1.29 is 4.79 Å². The van der Waals surface area contributed by atoms with Crippen LogP contribution in [-0.2, 0) is 4.79 Å². The average Bonchev–Trinajstić information content (AvgIpc) is 2.64. The smallest absolute Gasteiger partial charge is 0.223 e. The van der Waals surface area contributed by atoms with E-state index in [1.54, 1.807) is 0 Å². The van der Waals surface area contributed by atoms with E-state index in [1.807, 2.05) is 11.8 Å². The zero-order chi connectivity index (χ0) is 11.1. The molecule has 15 heavy (non-hydrogen) atoms. The number of hydrogen-bond donors (Lipinski definition) is 2. The SMILES string of the molecule is CSCCCCNC(=O)[C@@H]1CC[C@@H](N)C1. The maximum atomic E-state index is 11.7. The Morgan fingerprint density at radius 1 is 1.47 bits per heavy atom. The summed E-state index contributed by atoms with van der Waals surface area (Å²) in [5.74, 6) is 1.58. The van der Waals surface area contributed by atoms with Crippen molar-refractivity contribution in [3.8, 4) is 0 Å². The van der Waals surface area contributed by atoms with E-state index in [9.17, 15) is 4.79 Å². The van der Waals surface area contributed by atoms with Crippen LogP contribution >= 0.6 is 11.8 Å². The third-order valence-electron chi connectivity index (χ3n) is 2.92. The van der Waals surface area contributed by atoms with E-state index in [4.69, 9.17) is 5.73 Å². The minimum absolute atomic E-state index is 0.181. The molecule has 0 radical (unpaired) electrons. The highest BCUT2D eigenvalue weighted by Gasteiger charge is 2.27. The van der Waals surface area contributed by atoms with Crippen molar-refractivity contribution in [3.63, 3.8) is 0 Å². The van der Waals surface area contributed by atoms with E-state index in [0.717, 1.165) is 32.2 Å². The zero-order valence-electron chi connectivity index (χ0n) is 9.50. The molecule has 3 nitrogen and oxygen atoms in total. The summed E-state index contributed by atoms with van der Waals surface area (Å²) in [6.45, 7) is 0.825. The Morgan fingerprint density at radius 3 is 2.87 bits per heavy atom. The quantitative estimate of drug-likeness (QED) is 0.678. The van der Waals surface area contributed by atoms with Crippen LogP contribution in [0.2, 0.25) is 0 Å². The molecule has 1 aliphatic rings. The molecule has 0 aliphatic heterocycles. The van der Waals surface area contributed by atoms with Gasteiger partial charge in [-0.25, -0.2) is 0 Å². The highest BCUT2D eigenvalue weighted by Crippen LogP contribution is 2.23.